The number of hydrogen-bond acceptors (Lipinski definition) is 7. The molecule has 150 valence electrons. The van der Waals surface area contributed by atoms with Gasteiger partial charge in [0.25, 0.3) is 0 Å². The molecule has 29 heavy (non-hydrogen) atoms. The summed E-state index contributed by atoms with van der Waals surface area (Å²) in [6.45, 7) is 0. The van der Waals surface area contributed by atoms with Gasteiger partial charge in [0.15, 0.2) is 11.5 Å². The van der Waals surface area contributed by atoms with E-state index in [4.69, 9.17) is 4.74 Å². The fraction of sp³-hybridized carbons (Fsp3) is 0.263. The Labute approximate surface area is 167 Å². The third kappa shape index (κ3) is 4.33. The summed E-state index contributed by atoms with van der Waals surface area (Å²) in [4.78, 5) is 16.4. The summed E-state index contributed by atoms with van der Waals surface area (Å²) in [6, 6.07) is 7.45. The van der Waals surface area contributed by atoms with Crippen molar-refractivity contribution in [3.63, 3.8) is 0 Å². The van der Waals surface area contributed by atoms with Crippen molar-refractivity contribution < 1.29 is 13.2 Å². The van der Waals surface area contributed by atoms with Crippen molar-refractivity contribution in [2.24, 2.45) is 0 Å². The van der Waals surface area contributed by atoms with Gasteiger partial charge in [-0.05, 0) is 30.2 Å². The number of aromatic nitrogens is 6. The molecule has 1 N–H and O–H groups in total. The minimum absolute atomic E-state index is 0.0577. The van der Waals surface area contributed by atoms with E-state index in [2.05, 4.69) is 25.0 Å². The van der Waals surface area contributed by atoms with Crippen molar-refractivity contribution >= 4 is 21.0 Å². The Morgan fingerprint density at radius 1 is 1.21 bits per heavy atom. The number of methoxy groups -OCH3 is 1. The quantitative estimate of drug-likeness (QED) is 0.495. The molecule has 1 atom stereocenters. The van der Waals surface area contributed by atoms with Gasteiger partial charge in [-0.25, -0.2) is 28.1 Å². The van der Waals surface area contributed by atoms with Gasteiger partial charge in [0, 0.05) is 32.0 Å². The van der Waals surface area contributed by atoms with Crippen molar-refractivity contribution in [2.45, 2.75) is 12.5 Å². The number of imidazole rings is 1. The summed E-state index contributed by atoms with van der Waals surface area (Å²) in [6.07, 6.45) is 8.18. The number of fused-ring (bicyclic) bond motifs is 1. The maximum atomic E-state index is 11.4. The van der Waals surface area contributed by atoms with Crippen LogP contribution in [0.4, 0.5) is 0 Å². The van der Waals surface area contributed by atoms with Gasteiger partial charge < -0.3 is 9.72 Å². The fourth-order valence-corrected chi connectivity index (χ4v) is 3.66. The maximum absolute atomic E-state index is 11.4. The van der Waals surface area contributed by atoms with E-state index in [1.54, 1.807) is 30.4 Å². The zero-order chi connectivity index (χ0) is 20.4. The first-order valence-corrected chi connectivity index (χ1v) is 11.0. The minimum atomic E-state index is -3.05. The zero-order valence-corrected chi connectivity index (χ0v) is 16.8. The fourth-order valence-electron chi connectivity index (χ4n) is 3.02. The van der Waals surface area contributed by atoms with Crippen molar-refractivity contribution in [2.75, 3.05) is 19.1 Å². The average molecular weight is 412 g/mol. The Morgan fingerprint density at radius 2 is 2.07 bits per heavy atom. The topological polar surface area (TPSA) is 116 Å². The molecule has 0 saturated heterocycles. The molecule has 4 rings (SSSR count). The summed E-state index contributed by atoms with van der Waals surface area (Å²) in [7, 11) is -1.49. The number of sulfone groups is 1. The van der Waals surface area contributed by atoms with Gasteiger partial charge in [-0.3, -0.25) is 0 Å². The van der Waals surface area contributed by atoms with E-state index in [0.29, 0.717) is 23.7 Å². The molecule has 4 heterocycles. The molecule has 0 radical (unpaired) electrons. The number of nitrogens with one attached hydrogen (secondary N) is 1. The molecule has 0 bridgehead atoms. The van der Waals surface area contributed by atoms with E-state index < -0.39 is 9.84 Å². The molecule has 10 heteroatoms. The lowest BCUT2D eigenvalue weighted by atomic mass is 10.1. The lowest BCUT2D eigenvalue weighted by molar-refractivity contribution is 0.100. The van der Waals surface area contributed by atoms with Gasteiger partial charge in [-0.1, -0.05) is 6.07 Å². The van der Waals surface area contributed by atoms with E-state index >= 15 is 0 Å². The van der Waals surface area contributed by atoms with Crippen LogP contribution in [0.15, 0.2) is 49.1 Å². The van der Waals surface area contributed by atoms with Gasteiger partial charge in [0.05, 0.1) is 29.1 Å². The van der Waals surface area contributed by atoms with Crippen LogP contribution in [-0.4, -0.2) is 57.3 Å². The van der Waals surface area contributed by atoms with E-state index in [1.807, 2.05) is 30.5 Å². The first-order valence-electron chi connectivity index (χ1n) is 8.95. The van der Waals surface area contributed by atoms with Crippen LogP contribution >= 0.6 is 0 Å². The van der Waals surface area contributed by atoms with Gasteiger partial charge in [0.1, 0.15) is 15.7 Å². The molecule has 4 aromatic rings. The van der Waals surface area contributed by atoms with E-state index in [-0.39, 0.29) is 11.9 Å². The minimum Gasteiger partial charge on any atom is -0.377 e. The summed E-state index contributed by atoms with van der Waals surface area (Å²) in [5, 5.41) is 4.36. The van der Waals surface area contributed by atoms with Crippen molar-refractivity contribution in [1.82, 2.24) is 29.7 Å². The summed E-state index contributed by atoms with van der Waals surface area (Å²) < 4.78 is 29.9. The number of hydrogen-bond donors (Lipinski definition) is 1. The van der Waals surface area contributed by atoms with Gasteiger partial charge in [0.2, 0.25) is 0 Å². The molecule has 0 aliphatic rings. The molecular weight excluding hydrogens is 392 g/mol. The Bertz CT molecular complexity index is 1200. The Balaban J connectivity index is 1.53. The summed E-state index contributed by atoms with van der Waals surface area (Å²) in [5.74, 6) is 1.37. The standard InChI is InChI=1S/C19H20N6O3S/c1-28-16(7-9-29(2,26)27)13-5-6-17(21-10-13)25-12-14(11-22-25)18-23-15-4-3-8-20-19(15)24-18/h3-6,8,10-12,16H,7,9H2,1-2H3,(H,20,23,24). The molecule has 1 unspecified atom stereocenters. The smallest absolute Gasteiger partial charge is 0.178 e. The molecule has 0 aromatic carbocycles. The van der Waals surface area contributed by atoms with E-state index in [0.717, 1.165) is 16.6 Å². The van der Waals surface area contributed by atoms with E-state index in [9.17, 15) is 8.42 Å². The number of rotatable bonds is 7. The van der Waals surface area contributed by atoms with Gasteiger partial charge in [-0.2, -0.15) is 5.10 Å². The van der Waals surface area contributed by atoms with Crippen LogP contribution < -0.4 is 0 Å². The molecule has 0 amide bonds. The Hall–Kier alpha value is -3.11. The van der Waals surface area contributed by atoms with Crippen LogP contribution in [-0.2, 0) is 14.6 Å². The van der Waals surface area contributed by atoms with Crippen LogP contribution in [0, 0.1) is 0 Å². The van der Waals surface area contributed by atoms with Crippen LogP contribution in [0.1, 0.15) is 18.1 Å². The first kappa shape index (κ1) is 19.2. The third-order valence-corrected chi connectivity index (χ3v) is 5.50. The Kier molecular flexibility index (Phi) is 5.12. The first-order chi connectivity index (χ1) is 13.9. The predicted octanol–water partition coefficient (Wildman–Crippen LogP) is 2.33. The zero-order valence-electron chi connectivity index (χ0n) is 16.0. The van der Waals surface area contributed by atoms with Crippen LogP contribution in [0.25, 0.3) is 28.4 Å². The lowest BCUT2D eigenvalue weighted by Crippen LogP contribution is -2.11. The molecule has 0 aliphatic carbocycles. The number of ether oxygens (including phenoxy) is 1. The van der Waals surface area contributed by atoms with Crippen LogP contribution in [0.2, 0.25) is 0 Å². The number of nitrogens with zero attached hydrogens (tertiary/aromatic N) is 5. The number of pyridine rings is 2. The number of H-pyrrole nitrogens is 1. The molecule has 0 spiro atoms. The monoisotopic (exact) mass is 412 g/mol. The second-order valence-corrected chi connectivity index (χ2v) is 8.99. The second kappa shape index (κ2) is 7.72. The Morgan fingerprint density at radius 3 is 2.76 bits per heavy atom. The third-order valence-electron chi connectivity index (χ3n) is 4.53. The molecular formula is C19H20N6O3S. The maximum Gasteiger partial charge on any atom is 0.178 e. The molecule has 4 aromatic heterocycles. The van der Waals surface area contributed by atoms with Crippen molar-refractivity contribution in [3.05, 3.63) is 54.6 Å². The molecule has 0 saturated carbocycles. The summed E-state index contributed by atoms with van der Waals surface area (Å²) in [5.41, 5.74) is 3.14. The summed E-state index contributed by atoms with van der Waals surface area (Å²) >= 11 is 0. The largest absolute Gasteiger partial charge is 0.377 e. The second-order valence-electron chi connectivity index (χ2n) is 6.73. The predicted molar refractivity (Wildman–Crippen MR) is 108 cm³/mol. The highest BCUT2D eigenvalue weighted by Crippen LogP contribution is 2.22. The van der Waals surface area contributed by atoms with E-state index in [1.165, 1.54) is 6.26 Å². The highest BCUT2D eigenvalue weighted by molar-refractivity contribution is 7.90. The highest BCUT2D eigenvalue weighted by atomic mass is 32.2. The molecule has 0 fully saturated rings. The number of aromatic amines is 1. The van der Waals surface area contributed by atoms with Crippen molar-refractivity contribution in [1.29, 1.82) is 0 Å². The van der Waals surface area contributed by atoms with Crippen molar-refractivity contribution in [3.8, 4) is 17.2 Å². The normalized spacial score (nSPS) is 13.0. The molecule has 9 nitrogen and oxygen atoms in total. The lowest BCUT2D eigenvalue weighted by Gasteiger charge is -2.15. The van der Waals surface area contributed by atoms with Gasteiger partial charge >= 0.3 is 0 Å². The SMILES string of the molecule is COC(CCS(C)(=O)=O)c1ccc(-n2cc(-c3nc4ncccc4[nH]3)cn2)nc1. The van der Waals surface area contributed by atoms with Crippen LogP contribution in [0.3, 0.4) is 0 Å². The van der Waals surface area contributed by atoms with Gasteiger partial charge in [-0.15, -0.1) is 0 Å². The average Bonchev–Trinajstić information content (AvgIpc) is 3.35. The molecule has 0 aliphatic heterocycles. The van der Waals surface area contributed by atoms with Crippen LogP contribution in [0.5, 0.6) is 0 Å². The highest BCUT2D eigenvalue weighted by Gasteiger charge is 2.15.